The molecule has 0 aliphatic heterocycles. The van der Waals surface area contributed by atoms with Crippen LogP contribution in [0.4, 0.5) is 13.2 Å². The van der Waals surface area contributed by atoms with Crippen molar-refractivity contribution in [3.8, 4) is 5.75 Å². The molecule has 2 rings (SSSR count). The van der Waals surface area contributed by atoms with E-state index >= 15 is 0 Å². The monoisotopic (exact) mass is 350 g/mol. The first-order valence-corrected chi connectivity index (χ1v) is 7.79. The van der Waals surface area contributed by atoms with Crippen molar-refractivity contribution >= 4 is 10.0 Å². The zero-order chi connectivity index (χ0) is 17.3. The highest BCUT2D eigenvalue weighted by atomic mass is 32.2. The molecule has 2 aromatic rings. The molecule has 1 N–H and O–H groups in total. The van der Waals surface area contributed by atoms with E-state index in [-0.39, 0.29) is 0 Å². The molecule has 7 nitrogen and oxygen atoms in total. The smallest absolute Gasteiger partial charge is 0.404 e. The Hall–Kier alpha value is -2.14. The molecule has 0 aliphatic carbocycles. The second-order valence-corrected chi connectivity index (χ2v) is 6.32. The van der Waals surface area contributed by atoms with Gasteiger partial charge >= 0.3 is 6.36 Å². The first-order valence-electron chi connectivity index (χ1n) is 6.31. The SMILES string of the molecule is C[C@@H](NS(=O)(=O)c1ccccc1OC(F)(F)F)c1nncn1C. The number of alkyl halides is 3. The van der Waals surface area contributed by atoms with Crippen molar-refractivity contribution in [2.45, 2.75) is 24.2 Å². The van der Waals surface area contributed by atoms with Crippen molar-refractivity contribution in [3.63, 3.8) is 0 Å². The molecule has 0 unspecified atom stereocenters. The molecule has 1 heterocycles. The van der Waals surface area contributed by atoms with E-state index in [0.29, 0.717) is 5.82 Å². The number of hydrogen-bond acceptors (Lipinski definition) is 5. The van der Waals surface area contributed by atoms with E-state index in [4.69, 9.17) is 0 Å². The minimum atomic E-state index is -5.00. The fraction of sp³-hybridized carbons (Fsp3) is 0.333. The summed E-state index contributed by atoms with van der Waals surface area (Å²) in [5.41, 5.74) is 0. The summed E-state index contributed by atoms with van der Waals surface area (Å²) in [7, 11) is -2.65. The standard InChI is InChI=1S/C12H13F3N4O3S/c1-8(11-17-16-7-19(11)2)18-23(20,21)10-6-4-3-5-9(10)22-12(13,14)15/h3-8,18H,1-2H3/t8-/m1/s1. The third kappa shape index (κ3) is 4.20. The molecule has 126 valence electrons. The van der Waals surface area contributed by atoms with Gasteiger partial charge in [0, 0.05) is 7.05 Å². The lowest BCUT2D eigenvalue weighted by Crippen LogP contribution is -2.29. The van der Waals surface area contributed by atoms with Crippen molar-refractivity contribution in [2.75, 3.05) is 0 Å². The number of nitrogens with zero attached hydrogens (tertiary/aromatic N) is 3. The summed E-state index contributed by atoms with van der Waals surface area (Å²) in [5.74, 6) is -0.500. The minimum absolute atomic E-state index is 0.308. The van der Waals surface area contributed by atoms with Crippen LogP contribution in [0.2, 0.25) is 0 Å². The minimum Gasteiger partial charge on any atom is -0.404 e. The highest BCUT2D eigenvalue weighted by molar-refractivity contribution is 7.89. The molecule has 0 saturated heterocycles. The molecule has 0 saturated carbocycles. The van der Waals surface area contributed by atoms with Gasteiger partial charge in [0.2, 0.25) is 10.0 Å². The van der Waals surface area contributed by atoms with Crippen LogP contribution < -0.4 is 9.46 Å². The van der Waals surface area contributed by atoms with E-state index in [1.807, 2.05) is 0 Å². The molecular weight excluding hydrogens is 337 g/mol. The third-order valence-corrected chi connectivity index (χ3v) is 4.41. The molecule has 1 atom stereocenters. The van der Waals surface area contributed by atoms with Crippen LogP contribution in [0, 0.1) is 0 Å². The Bertz CT molecular complexity index is 789. The number of aromatic nitrogens is 3. The van der Waals surface area contributed by atoms with Gasteiger partial charge < -0.3 is 9.30 Å². The second kappa shape index (κ2) is 6.16. The van der Waals surface area contributed by atoms with Gasteiger partial charge in [-0.15, -0.1) is 23.4 Å². The van der Waals surface area contributed by atoms with Crippen LogP contribution in [0.1, 0.15) is 18.8 Å². The van der Waals surface area contributed by atoms with Gasteiger partial charge in [0.15, 0.2) is 0 Å². The maximum atomic E-state index is 12.4. The van der Waals surface area contributed by atoms with Crippen molar-refractivity contribution < 1.29 is 26.3 Å². The topological polar surface area (TPSA) is 86.1 Å². The number of para-hydroxylation sites is 1. The molecule has 11 heteroatoms. The lowest BCUT2D eigenvalue weighted by molar-refractivity contribution is -0.275. The van der Waals surface area contributed by atoms with Gasteiger partial charge in [0.05, 0.1) is 6.04 Å². The van der Waals surface area contributed by atoms with E-state index < -0.39 is 33.1 Å². The Balaban J connectivity index is 2.32. The Morgan fingerprint density at radius 3 is 2.52 bits per heavy atom. The van der Waals surface area contributed by atoms with Crippen LogP contribution in [0.15, 0.2) is 35.5 Å². The summed E-state index contributed by atoms with van der Waals surface area (Å²) in [6, 6.07) is 3.69. The average molecular weight is 350 g/mol. The Morgan fingerprint density at radius 1 is 1.30 bits per heavy atom. The summed E-state index contributed by atoms with van der Waals surface area (Å²) < 4.78 is 69.3. The van der Waals surface area contributed by atoms with Crippen molar-refractivity contribution in [2.24, 2.45) is 7.05 Å². The van der Waals surface area contributed by atoms with E-state index in [2.05, 4.69) is 19.7 Å². The van der Waals surface area contributed by atoms with Gasteiger partial charge in [-0.2, -0.15) is 0 Å². The lowest BCUT2D eigenvalue weighted by Gasteiger charge is -2.16. The second-order valence-electron chi connectivity index (χ2n) is 4.64. The third-order valence-electron chi connectivity index (χ3n) is 2.83. The average Bonchev–Trinajstić information content (AvgIpc) is 2.83. The summed E-state index contributed by atoms with van der Waals surface area (Å²) in [5, 5.41) is 7.37. The Morgan fingerprint density at radius 2 is 1.96 bits per heavy atom. The number of rotatable bonds is 5. The fourth-order valence-corrected chi connectivity index (χ4v) is 3.24. The van der Waals surface area contributed by atoms with Gasteiger partial charge in [-0.05, 0) is 19.1 Å². The maximum absolute atomic E-state index is 12.4. The van der Waals surface area contributed by atoms with E-state index in [0.717, 1.165) is 12.1 Å². The van der Waals surface area contributed by atoms with Crippen molar-refractivity contribution in [3.05, 3.63) is 36.4 Å². The first kappa shape index (κ1) is 17.2. The van der Waals surface area contributed by atoms with Gasteiger partial charge in [-0.3, -0.25) is 0 Å². The molecule has 0 radical (unpaired) electrons. The number of sulfonamides is 1. The molecular formula is C12H13F3N4O3S. The van der Waals surface area contributed by atoms with Gasteiger partial charge in [0.1, 0.15) is 22.8 Å². The normalized spacial score (nSPS) is 13.8. The lowest BCUT2D eigenvalue weighted by atomic mass is 10.3. The predicted molar refractivity (Wildman–Crippen MR) is 72.9 cm³/mol. The zero-order valence-electron chi connectivity index (χ0n) is 12.1. The Labute approximate surface area is 130 Å². The highest BCUT2D eigenvalue weighted by Gasteiger charge is 2.34. The molecule has 0 bridgehead atoms. The van der Waals surface area contributed by atoms with E-state index in [1.54, 1.807) is 7.05 Å². The molecule has 1 aromatic heterocycles. The largest absolute Gasteiger partial charge is 0.573 e. The molecule has 0 spiro atoms. The highest BCUT2D eigenvalue weighted by Crippen LogP contribution is 2.29. The van der Waals surface area contributed by atoms with Gasteiger partial charge in [-0.1, -0.05) is 12.1 Å². The molecule has 0 fully saturated rings. The van der Waals surface area contributed by atoms with Crippen LogP contribution in [-0.4, -0.2) is 29.5 Å². The zero-order valence-corrected chi connectivity index (χ0v) is 12.9. The molecule has 1 aromatic carbocycles. The number of halogens is 3. The van der Waals surface area contributed by atoms with E-state index in [9.17, 15) is 21.6 Å². The van der Waals surface area contributed by atoms with Crippen LogP contribution in [0.3, 0.4) is 0 Å². The maximum Gasteiger partial charge on any atom is 0.573 e. The summed E-state index contributed by atoms with van der Waals surface area (Å²) in [4.78, 5) is -0.619. The Kier molecular flexibility index (Phi) is 4.61. The first-order chi connectivity index (χ1) is 10.6. The molecule has 0 amide bonds. The molecule has 23 heavy (non-hydrogen) atoms. The van der Waals surface area contributed by atoms with Crippen LogP contribution >= 0.6 is 0 Å². The summed E-state index contributed by atoms with van der Waals surface area (Å²) in [6.45, 7) is 1.49. The number of aryl methyl sites for hydroxylation is 1. The van der Waals surface area contributed by atoms with Crippen LogP contribution in [0.5, 0.6) is 5.75 Å². The van der Waals surface area contributed by atoms with Gasteiger partial charge in [-0.25, -0.2) is 13.1 Å². The quantitative estimate of drug-likeness (QED) is 0.888. The van der Waals surface area contributed by atoms with Crippen molar-refractivity contribution in [1.82, 2.24) is 19.5 Å². The number of benzene rings is 1. The molecule has 0 aliphatic rings. The number of ether oxygens (including phenoxy) is 1. The van der Waals surface area contributed by atoms with Gasteiger partial charge in [0.25, 0.3) is 0 Å². The van der Waals surface area contributed by atoms with Crippen LogP contribution in [0.25, 0.3) is 0 Å². The summed E-state index contributed by atoms with van der Waals surface area (Å²) >= 11 is 0. The summed E-state index contributed by atoms with van der Waals surface area (Å²) in [6.07, 6.45) is -3.62. The van der Waals surface area contributed by atoms with Crippen molar-refractivity contribution in [1.29, 1.82) is 0 Å². The predicted octanol–water partition coefficient (Wildman–Crippen LogP) is 1.75. The number of nitrogens with one attached hydrogen (secondary N) is 1. The number of hydrogen-bond donors (Lipinski definition) is 1. The van der Waals surface area contributed by atoms with E-state index in [1.165, 1.54) is 30.0 Å². The fourth-order valence-electron chi connectivity index (χ4n) is 1.91. The van der Waals surface area contributed by atoms with Crippen LogP contribution in [-0.2, 0) is 17.1 Å².